The van der Waals surface area contributed by atoms with Gasteiger partial charge in [0.2, 0.25) is 0 Å². The third kappa shape index (κ3) is 4.57. The van der Waals surface area contributed by atoms with E-state index < -0.39 is 0 Å². The lowest BCUT2D eigenvalue weighted by atomic mass is 9.82. The summed E-state index contributed by atoms with van der Waals surface area (Å²) in [4.78, 5) is 2.31. The first kappa shape index (κ1) is 29.5. The number of aromatic nitrogens is 1. The molecule has 8 aromatic carbocycles. The smallest absolute Gasteiger partial charge is 0.0544 e. The van der Waals surface area contributed by atoms with Gasteiger partial charge in [-0.3, -0.25) is 0 Å². The molecule has 0 radical (unpaired) electrons. The Labute approximate surface area is 298 Å². The zero-order chi connectivity index (χ0) is 34.1. The molecule has 0 unspecified atom stereocenters. The number of rotatable bonds is 5. The lowest BCUT2D eigenvalue weighted by molar-refractivity contribution is 0.661. The highest BCUT2D eigenvalue weighted by molar-refractivity contribution is 6.13. The van der Waals surface area contributed by atoms with Crippen LogP contribution in [0.1, 0.15) is 25.0 Å². The number of nitrogens with zero attached hydrogens (tertiary/aromatic N) is 2. The van der Waals surface area contributed by atoms with Gasteiger partial charge in [-0.2, -0.15) is 0 Å². The second-order valence-electron chi connectivity index (χ2n) is 14.2. The Bertz CT molecular complexity index is 2710. The Kier molecular flexibility index (Phi) is 6.56. The van der Waals surface area contributed by atoms with Crippen molar-refractivity contribution < 1.29 is 0 Å². The van der Waals surface area contributed by atoms with Crippen LogP contribution in [0.15, 0.2) is 182 Å². The van der Waals surface area contributed by atoms with Crippen molar-refractivity contribution in [3.05, 3.63) is 193 Å². The maximum atomic E-state index is 2.50. The Morgan fingerprint density at radius 1 is 0.412 bits per heavy atom. The summed E-state index contributed by atoms with van der Waals surface area (Å²) in [6, 6.07) is 66.5. The molecular formula is C49H36N2. The molecule has 242 valence electrons. The van der Waals surface area contributed by atoms with E-state index in [0.29, 0.717) is 0 Å². The molecule has 0 atom stereocenters. The largest absolute Gasteiger partial charge is 0.311 e. The Morgan fingerprint density at radius 2 is 1.02 bits per heavy atom. The van der Waals surface area contributed by atoms with Crippen molar-refractivity contribution in [1.82, 2.24) is 4.57 Å². The molecule has 0 saturated carbocycles. The summed E-state index contributed by atoms with van der Waals surface area (Å²) in [6.07, 6.45) is 0. The molecule has 0 amide bonds. The van der Waals surface area contributed by atoms with Crippen molar-refractivity contribution in [2.75, 3.05) is 4.90 Å². The Hall–Kier alpha value is -6.38. The lowest BCUT2D eigenvalue weighted by Crippen LogP contribution is -2.14. The number of hydrogen-bond acceptors (Lipinski definition) is 1. The predicted octanol–water partition coefficient (Wildman–Crippen LogP) is 13.4. The van der Waals surface area contributed by atoms with Crippen LogP contribution in [0.4, 0.5) is 17.1 Å². The van der Waals surface area contributed by atoms with Crippen LogP contribution in [0.3, 0.4) is 0 Å². The van der Waals surface area contributed by atoms with Gasteiger partial charge in [-0.1, -0.05) is 129 Å². The van der Waals surface area contributed by atoms with Gasteiger partial charge in [-0.25, -0.2) is 0 Å². The molecule has 0 saturated heterocycles. The minimum atomic E-state index is -0.0829. The Morgan fingerprint density at radius 3 is 1.78 bits per heavy atom. The average Bonchev–Trinajstić information content (AvgIpc) is 3.62. The van der Waals surface area contributed by atoms with Crippen LogP contribution < -0.4 is 4.90 Å². The Balaban J connectivity index is 1.17. The van der Waals surface area contributed by atoms with Gasteiger partial charge in [0.05, 0.1) is 16.7 Å². The first-order valence-corrected chi connectivity index (χ1v) is 17.8. The predicted molar refractivity (Wildman–Crippen MR) is 216 cm³/mol. The van der Waals surface area contributed by atoms with E-state index in [-0.39, 0.29) is 5.41 Å². The molecular weight excluding hydrogens is 617 g/mol. The van der Waals surface area contributed by atoms with Gasteiger partial charge in [0.15, 0.2) is 0 Å². The zero-order valence-corrected chi connectivity index (χ0v) is 28.7. The third-order valence-corrected chi connectivity index (χ3v) is 11.0. The maximum absolute atomic E-state index is 2.50. The zero-order valence-electron chi connectivity index (χ0n) is 28.7. The first-order valence-electron chi connectivity index (χ1n) is 17.8. The molecule has 10 rings (SSSR count). The van der Waals surface area contributed by atoms with E-state index in [1.54, 1.807) is 0 Å². The normalized spacial score (nSPS) is 13.1. The summed E-state index contributed by atoms with van der Waals surface area (Å²) >= 11 is 0. The fraction of sp³-hybridized carbons (Fsp3) is 0.0612. The van der Waals surface area contributed by atoms with E-state index in [0.717, 1.165) is 17.1 Å². The van der Waals surface area contributed by atoms with E-state index in [4.69, 9.17) is 0 Å². The fourth-order valence-corrected chi connectivity index (χ4v) is 8.46. The summed E-state index contributed by atoms with van der Waals surface area (Å²) in [5, 5.41) is 5.04. The molecule has 0 fully saturated rings. The number of fused-ring (bicyclic) bond motifs is 7. The van der Waals surface area contributed by atoms with Crippen LogP contribution in [0.2, 0.25) is 0 Å². The summed E-state index contributed by atoms with van der Waals surface area (Å²) in [7, 11) is 0. The topological polar surface area (TPSA) is 8.17 Å². The summed E-state index contributed by atoms with van der Waals surface area (Å²) in [5.74, 6) is 0. The van der Waals surface area contributed by atoms with Crippen LogP contribution in [0, 0.1) is 0 Å². The summed E-state index contributed by atoms with van der Waals surface area (Å²) in [6.45, 7) is 4.74. The van der Waals surface area contributed by atoms with Crippen LogP contribution >= 0.6 is 0 Å². The standard InChI is InChI=1S/C49H36N2/c1-49(2)44-22-12-11-21-40(44)41-31-43-42-30-35(33-24-27-38(28-25-33)50(36-16-5-3-6-17-36)37-18-7-4-8-19-37)26-29-47(42)51(48(43)32-45(41)49)46-23-13-15-34-14-9-10-20-39(34)46/h3-32H,1-2H3. The number of benzene rings is 8. The highest BCUT2D eigenvalue weighted by Crippen LogP contribution is 2.51. The SMILES string of the molecule is CC1(C)c2ccccc2-c2cc3c4cc(-c5ccc(N(c6ccccc6)c6ccccc6)cc5)ccc4n(-c4cccc5ccccc45)c3cc21. The van der Waals surface area contributed by atoms with Crippen molar-refractivity contribution in [3.8, 4) is 27.9 Å². The van der Waals surface area contributed by atoms with Crippen LogP contribution in [0.5, 0.6) is 0 Å². The second kappa shape index (κ2) is 11.3. The van der Waals surface area contributed by atoms with Gasteiger partial charge in [0.1, 0.15) is 0 Å². The maximum Gasteiger partial charge on any atom is 0.0544 e. The molecule has 0 aliphatic heterocycles. The van der Waals surface area contributed by atoms with Crippen molar-refractivity contribution in [2.45, 2.75) is 19.3 Å². The van der Waals surface area contributed by atoms with Gasteiger partial charge < -0.3 is 9.47 Å². The third-order valence-electron chi connectivity index (χ3n) is 11.0. The van der Waals surface area contributed by atoms with Crippen molar-refractivity contribution in [1.29, 1.82) is 0 Å². The van der Waals surface area contributed by atoms with Crippen molar-refractivity contribution in [3.63, 3.8) is 0 Å². The van der Waals surface area contributed by atoms with Crippen molar-refractivity contribution >= 4 is 49.6 Å². The van der Waals surface area contributed by atoms with Crippen LogP contribution in [-0.2, 0) is 5.41 Å². The van der Waals surface area contributed by atoms with Gasteiger partial charge in [-0.05, 0) is 105 Å². The van der Waals surface area contributed by atoms with Crippen LogP contribution in [-0.4, -0.2) is 4.57 Å². The monoisotopic (exact) mass is 652 g/mol. The average molecular weight is 653 g/mol. The molecule has 1 heterocycles. The molecule has 0 N–H and O–H groups in total. The van der Waals surface area contributed by atoms with Crippen molar-refractivity contribution in [2.24, 2.45) is 0 Å². The number of anilines is 3. The lowest BCUT2D eigenvalue weighted by Gasteiger charge is -2.25. The molecule has 0 spiro atoms. The molecule has 2 heteroatoms. The van der Waals surface area contributed by atoms with Gasteiger partial charge in [-0.15, -0.1) is 0 Å². The number of para-hydroxylation sites is 2. The van der Waals surface area contributed by atoms with Gasteiger partial charge >= 0.3 is 0 Å². The second-order valence-corrected chi connectivity index (χ2v) is 14.2. The van der Waals surface area contributed by atoms with Gasteiger partial charge in [0, 0.05) is 38.6 Å². The fourth-order valence-electron chi connectivity index (χ4n) is 8.46. The molecule has 2 nitrogen and oxygen atoms in total. The minimum Gasteiger partial charge on any atom is -0.311 e. The van der Waals surface area contributed by atoms with E-state index >= 15 is 0 Å². The molecule has 0 bridgehead atoms. The number of hydrogen-bond donors (Lipinski definition) is 0. The van der Waals surface area contributed by atoms with E-state index in [1.165, 1.54) is 71.6 Å². The first-order chi connectivity index (χ1) is 25.1. The molecule has 9 aromatic rings. The quantitative estimate of drug-likeness (QED) is 0.180. The van der Waals surface area contributed by atoms with E-state index in [9.17, 15) is 0 Å². The molecule has 1 aromatic heterocycles. The molecule has 1 aliphatic carbocycles. The van der Waals surface area contributed by atoms with E-state index in [1.807, 2.05) is 0 Å². The molecule has 51 heavy (non-hydrogen) atoms. The van der Waals surface area contributed by atoms with E-state index in [2.05, 4.69) is 205 Å². The molecule has 1 aliphatic rings. The van der Waals surface area contributed by atoms with Gasteiger partial charge in [0.25, 0.3) is 0 Å². The van der Waals surface area contributed by atoms with Crippen LogP contribution in [0.25, 0.3) is 60.5 Å². The minimum absolute atomic E-state index is 0.0829. The summed E-state index contributed by atoms with van der Waals surface area (Å²) in [5.41, 5.74) is 14.9. The highest BCUT2D eigenvalue weighted by Gasteiger charge is 2.36. The summed E-state index contributed by atoms with van der Waals surface area (Å²) < 4.78 is 2.50. The highest BCUT2D eigenvalue weighted by atomic mass is 15.1.